The molecule has 3 saturated heterocycles. The van der Waals surface area contributed by atoms with Gasteiger partial charge in [0.25, 0.3) is 5.91 Å². The van der Waals surface area contributed by atoms with E-state index in [0.29, 0.717) is 6.54 Å². The average Bonchev–Trinajstić information content (AvgIpc) is 2.96. The van der Waals surface area contributed by atoms with Crippen LogP contribution in [0.2, 0.25) is 0 Å². The van der Waals surface area contributed by atoms with Gasteiger partial charge in [0.1, 0.15) is 45.8 Å². The number of carboxylic acid groups (broad SMARTS) is 2. The van der Waals surface area contributed by atoms with Gasteiger partial charge in [0, 0.05) is 5.56 Å². The summed E-state index contributed by atoms with van der Waals surface area (Å²) in [6.45, 7) is 7.69. The highest BCUT2D eigenvalue weighted by atomic mass is 16.4. The second kappa shape index (κ2) is 11.8. The molecule has 1 amide bonds. The number of carbonyl (C=O) groups is 3. The lowest BCUT2D eigenvalue weighted by atomic mass is 9.82. The maximum Gasteiger partial charge on any atom is 0.307 e. The van der Waals surface area contributed by atoms with Crippen molar-refractivity contribution in [2.75, 3.05) is 45.8 Å². The summed E-state index contributed by atoms with van der Waals surface area (Å²) in [4.78, 5) is 35.7. The summed E-state index contributed by atoms with van der Waals surface area (Å²) in [7, 11) is 0. The Bertz CT molecular complexity index is 1360. The Hall–Kier alpha value is -4.01. The first-order valence-corrected chi connectivity index (χ1v) is 14.3. The van der Waals surface area contributed by atoms with E-state index in [1.54, 1.807) is 0 Å². The van der Waals surface area contributed by atoms with E-state index < -0.39 is 23.8 Å². The van der Waals surface area contributed by atoms with Crippen molar-refractivity contribution < 1.29 is 33.6 Å². The number of primary amides is 1. The summed E-state index contributed by atoms with van der Waals surface area (Å²) in [5.41, 5.74) is 10.5. The van der Waals surface area contributed by atoms with E-state index in [4.69, 9.17) is 5.73 Å². The van der Waals surface area contributed by atoms with Crippen LogP contribution < -0.4 is 5.73 Å². The fourth-order valence-electron chi connectivity index (χ4n) is 6.70. The van der Waals surface area contributed by atoms with Crippen molar-refractivity contribution in [3.05, 3.63) is 95.6 Å². The summed E-state index contributed by atoms with van der Waals surface area (Å²) in [6.07, 6.45) is 0.322. The molecule has 0 saturated carbocycles. The van der Waals surface area contributed by atoms with Gasteiger partial charge in [-0.15, -0.1) is 0 Å². The number of aliphatic carboxylic acids is 2. The Morgan fingerprint density at radius 2 is 1.02 bits per heavy atom. The summed E-state index contributed by atoms with van der Waals surface area (Å²) in [6, 6.07) is 25.6. The van der Waals surface area contributed by atoms with Crippen molar-refractivity contribution in [3.63, 3.8) is 0 Å². The molecule has 0 aromatic heterocycles. The van der Waals surface area contributed by atoms with Gasteiger partial charge in [0.15, 0.2) is 6.54 Å². The van der Waals surface area contributed by atoms with Gasteiger partial charge in [0.2, 0.25) is 0 Å². The van der Waals surface area contributed by atoms with E-state index in [0.717, 1.165) is 77.0 Å². The standard InChI is InChI=1S/C33H37N3O5/c34-31(37)23-36-17-14-35(15-18-36,16-19-36)22-26-8-12-28(13-9-26)27-10-6-25(7-11-27)21-30(33(40)41)29(32(38)39)20-24-4-2-1-3-5-24/h1-13,29-30H,14-23H2,(H2-2,34,37,38,39,40,41)/p+2. The second-order valence-electron chi connectivity index (χ2n) is 12.0. The Kier molecular flexibility index (Phi) is 8.24. The van der Waals surface area contributed by atoms with Crippen molar-refractivity contribution in [1.29, 1.82) is 0 Å². The van der Waals surface area contributed by atoms with Crippen LogP contribution in [0.15, 0.2) is 78.9 Å². The molecule has 8 nitrogen and oxygen atoms in total. The average molecular weight is 558 g/mol. The van der Waals surface area contributed by atoms with E-state index in [1.165, 1.54) is 5.56 Å². The zero-order valence-electron chi connectivity index (χ0n) is 23.3. The molecule has 2 unspecified atom stereocenters. The van der Waals surface area contributed by atoms with E-state index in [9.17, 15) is 24.6 Å². The normalized spacial score (nSPS) is 23.0. The lowest BCUT2D eigenvalue weighted by Gasteiger charge is -2.55. The van der Waals surface area contributed by atoms with Crippen LogP contribution in [0.1, 0.15) is 16.7 Å². The SMILES string of the molecule is NC(=O)C[N+]12CC[N+](Cc3ccc(-c4ccc(CC(C(=O)O)C(Cc5ccccc5)C(=O)O)cc4)cc3)(CC1)CC2. The number of piperazine rings is 3. The Balaban J connectivity index is 1.22. The van der Waals surface area contributed by atoms with Crippen LogP contribution in [-0.4, -0.2) is 82.8 Å². The second-order valence-corrected chi connectivity index (χ2v) is 12.0. The van der Waals surface area contributed by atoms with Gasteiger partial charge < -0.3 is 24.9 Å². The number of carbonyl (C=O) groups excluding carboxylic acids is 1. The van der Waals surface area contributed by atoms with Gasteiger partial charge in [-0.3, -0.25) is 14.4 Å². The largest absolute Gasteiger partial charge is 0.481 e. The van der Waals surface area contributed by atoms with Gasteiger partial charge in [-0.25, -0.2) is 0 Å². The number of carboxylic acids is 2. The molecule has 3 aliphatic heterocycles. The predicted octanol–water partition coefficient (Wildman–Crippen LogP) is 3.19. The zero-order chi connectivity index (χ0) is 29.0. The maximum atomic E-state index is 12.1. The Morgan fingerprint density at radius 3 is 1.46 bits per heavy atom. The smallest absolute Gasteiger partial charge is 0.307 e. The fraction of sp³-hybridized carbons (Fsp3) is 0.364. The quantitative estimate of drug-likeness (QED) is 0.296. The lowest BCUT2D eigenvalue weighted by molar-refractivity contribution is -1.08. The van der Waals surface area contributed by atoms with Crippen LogP contribution in [-0.2, 0) is 33.8 Å². The molecule has 3 aliphatic rings. The first-order valence-electron chi connectivity index (χ1n) is 14.3. The number of nitrogens with two attached hydrogens (primary N) is 1. The first-order chi connectivity index (χ1) is 19.7. The maximum absolute atomic E-state index is 12.1. The Labute approximate surface area is 240 Å². The molecule has 3 fully saturated rings. The van der Waals surface area contributed by atoms with Gasteiger partial charge in [-0.1, -0.05) is 78.9 Å². The van der Waals surface area contributed by atoms with E-state index >= 15 is 0 Å². The first kappa shape index (κ1) is 28.5. The minimum atomic E-state index is -1.10. The molecular weight excluding hydrogens is 518 g/mol. The monoisotopic (exact) mass is 557 g/mol. The number of rotatable bonds is 12. The van der Waals surface area contributed by atoms with Crippen LogP contribution in [0, 0.1) is 11.8 Å². The molecule has 0 spiro atoms. The molecule has 41 heavy (non-hydrogen) atoms. The summed E-state index contributed by atoms with van der Waals surface area (Å²) in [5, 5.41) is 19.8. The molecule has 2 bridgehead atoms. The molecule has 4 N–H and O–H groups in total. The molecular formula is C33H39N3O5+2. The third-order valence-corrected chi connectivity index (χ3v) is 9.27. The van der Waals surface area contributed by atoms with Crippen molar-refractivity contribution in [3.8, 4) is 11.1 Å². The summed E-state index contributed by atoms with van der Waals surface area (Å²) >= 11 is 0. The van der Waals surface area contributed by atoms with Crippen molar-refractivity contribution in [1.82, 2.24) is 0 Å². The minimum Gasteiger partial charge on any atom is -0.481 e. The summed E-state index contributed by atoms with van der Waals surface area (Å²) in [5.74, 6) is -4.45. The van der Waals surface area contributed by atoms with Crippen LogP contribution in [0.25, 0.3) is 11.1 Å². The highest BCUT2D eigenvalue weighted by Gasteiger charge is 2.49. The van der Waals surface area contributed by atoms with Gasteiger partial charge >= 0.3 is 11.9 Å². The number of nitrogens with zero attached hydrogens (tertiary/aromatic N) is 2. The van der Waals surface area contributed by atoms with E-state index in [2.05, 4.69) is 24.3 Å². The fourth-order valence-corrected chi connectivity index (χ4v) is 6.70. The number of benzene rings is 3. The van der Waals surface area contributed by atoms with Gasteiger partial charge in [0.05, 0.1) is 11.8 Å². The molecule has 3 aromatic carbocycles. The number of fused-ring (bicyclic) bond motifs is 3. The number of hydrogen-bond donors (Lipinski definition) is 3. The molecule has 2 atom stereocenters. The predicted molar refractivity (Wildman–Crippen MR) is 155 cm³/mol. The van der Waals surface area contributed by atoms with Crippen LogP contribution in [0.4, 0.5) is 0 Å². The van der Waals surface area contributed by atoms with Gasteiger partial charge in [-0.2, -0.15) is 0 Å². The molecule has 0 radical (unpaired) electrons. The van der Waals surface area contributed by atoms with E-state index in [1.807, 2.05) is 54.6 Å². The molecule has 3 aromatic rings. The minimum absolute atomic E-state index is 0.151. The number of amides is 1. The third-order valence-electron chi connectivity index (χ3n) is 9.27. The summed E-state index contributed by atoms with van der Waals surface area (Å²) < 4.78 is 1.92. The van der Waals surface area contributed by atoms with Crippen LogP contribution in [0.3, 0.4) is 0 Å². The Morgan fingerprint density at radius 1 is 0.610 bits per heavy atom. The molecule has 6 rings (SSSR count). The highest BCUT2D eigenvalue weighted by Crippen LogP contribution is 2.30. The van der Waals surface area contributed by atoms with Gasteiger partial charge in [-0.05, 0) is 35.1 Å². The molecule has 0 aliphatic carbocycles. The van der Waals surface area contributed by atoms with Crippen LogP contribution >= 0.6 is 0 Å². The molecule has 8 heteroatoms. The highest BCUT2D eigenvalue weighted by molar-refractivity contribution is 5.80. The zero-order valence-corrected chi connectivity index (χ0v) is 23.3. The molecule has 3 heterocycles. The topological polar surface area (TPSA) is 118 Å². The lowest BCUT2D eigenvalue weighted by Crippen LogP contribution is -2.75. The molecule has 214 valence electrons. The van der Waals surface area contributed by atoms with Crippen molar-refractivity contribution >= 4 is 17.8 Å². The van der Waals surface area contributed by atoms with Crippen molar-refractivity contribution in [2.24, 2.45) is 17.6 Å². The number of quaternary nitrogens is 2. The van der Waals surface area contributed by atoms with Crippen LogP contribution in [0.5, 0.6) is 0 Å². The van der Waals surface area contributed by atoms with E-state index in [-0.39, 0.29) is 18.7 Å². The third kappa shape index (κ3) is 6.66. The van der Waals surface area contributed by atoms with Crippen molar-refractivity contribution in [2.45, 2.75) is 19.4 Å². The number of hydrogen-bond acceptors (Lipinski definition) is 3.